The van der Waals surface area contributed by atoms with Crippen LogP contribution in [0.4, 0.5) is 4.39 Å². The number of ketones is 1. The van der Waals surface area contributed by atoms with E-state index in [0.717, 1.165) is 49.1 Å². The van der Waals surface area contributed by atoms with Crippen molar-refractivity contribution in [3.8, 4) is 0 Å². The van der Waals surface area contributed by atoms with E-state index in [4.69, 9.17) is 0 Å². The number of aryl methyl sites for hydroxylation is 1. The molecule has 1 aromatic heterocycles. The molecule has 5 rings (SSSR count). The van der Waals surface area contributed by atoms with Crippen molar-refractivity contribution in [3.63, 3.8) is 0 Å². The van der Waals surface area contributed by atoms with Crippen molar-refractivity contribution in [1.82, 2.24) is 19.3 Å². The van der Waals surface area contributed by atoms with Crippen LogP contribution in [-0.2, 0) is 18.3 Å². The molecule has 0 unspecified atom stereocenters. The van der Waals surface area contributed by atoms with Crippen LogP contribution in [0.1, 0.15) is 44.8 Å². The number of aromatic nitrogens is 1. The topological polar surface area (TPSA) is 65.9 Å². The molecule has 8 heteroatoms. The number of carbonyl (C=O) groups is 3. The van der Waals surface area contributed by atoms with Crippen LogP contribution < -0.4 is 0 Å². The first kappa shape index (κ1) is 26.1. The van der Waals surface area contributed by atoms with E-state index >= 15 is 0 Å². The number of rotatable bonds is 5. The lowest BCUT2D eigenvalue weighted by Gasteiger charge is -2.32. The van der Waals surface area contributed by atoms with Gasteiger partial charge >= 0.3 is 0 Å². The van der Waals surface area contributed by atoms with Gasteiger partial charge in [-0.25, -0.2) is 4.39 Å². The molecule has 2 aliphatic rings. The fourth-order valence-corrected chi connectivity index (χ4v) is 5.73. The summed E-state index contributed by atoms with van der Waals surface area (Å²) < 4.78 is 15.1. The van der Waals surface area contributed by atoms with Crippen LogP contribution in [-0.4, -0.2) is 83.2 Å². The molecule has 38 heavy (non-hydrogen) atoms. The zero-order chi connectivity index (χ0) is 27.0. The maximum absolute atomic E-state index is 13.4. The van der Waals surface area contributed by atoms with Crippen LogP contribution in [0.2, 0.25) is 0 Å². The maximum atomic E-state index is 13.4. The summed E-state index contributed by atoms with van der Waals surface area (Å²) in [5.41, 5.74) is 3.58. The molecule has 0 spiro atoms. The summed E-state index contributed by atoms with van der Waals surface area (Å²) in [4.78, 5) is 45.6. The molecule has 0 saturated carbocycles. The van der Waals surface area contributed by atoms with Gasteiger partial charge in [-0.2, -0.15) is 0 Å². The normalized spacial score (nSPS) is 17.3. The van der Waals surface area contributed by atoms with Crippen molar-refractivity contribution < 1.29 is 18.8 Å². The first-order chi connectivity index (χ1) is 18.2. The Morgan fingerprint density at radius 2 is 1.53 bits per heavy atom. The van der Waals surface area contributed by atoms with Crippen molar-refractivity contribution in [1.29, 1.82) is 0 Å². The lowest BCUT2D eigenvalue weighted by atomic mass is 9.90. The Kier molecular flexibility index (Phi) is 7.34. The van der Waals surface area contributed by atoms with E-state index in [1.54, 1.807) is 11.0 Å². The number of halogens is 1. The third kappa shape index (κ3) is 5.10. The Labute approximate surface area is 222 Å². The minimum atomic E-state index is -0.510. The van der Waals surface area contributed by atoms with E-state index in [1.165, 1.54) is 12.1 Å². The number of likely N-dealkylation sites (tertiary alicyclic amines) is 1. The van der Waals surface area contributed by atoms with Gasteiger partial charge in [0.15, 0.2) is 0 Å². The molecule has 2 amide bonds. The number of fused-ring (bicyclic) bond motifs is 1. The molecule has 0 N–H and O–H groups in total. The Balaban J connectivity index is 1.32. The predicted molar refractivity (Wildman–Crippen MR) is 145 cm³/mol. The molecule has 3 aromatic rings. The Hall–Kier alpha value is -3.52. The van der Waals surface area contributed by atoms with Gasteiger partial charge in [-0.3, -0.25) is 14.4 Å². The van der Waals surface area contributed by atoms with Gasteiger partial charge in [0.05, 0.1) is 5.56 Å². The summed E-state index contributed by atoms with van der Waals surface area (Å²) in [5, 5.41) is 0.648. The third-order valence-electron chi connectivity index (χ3n) is 8.29. The van der Waals surface area contributed by atoms with Gasteiger partial charge in [-0.05, 0) is 75.0 Å². The average molecular weight is 519 g/mol. The molecule has 2 saturated heterocycles. The first-order valence-corrected chi connectivity index (χ1v) is 13.4. The van der Waals surface area contributed by atoms with Crippen LogP contribution in [0.5, 0.6) is 0 Å². The summed E-state index contributed by atoms with van der Waals surface area (Å²) in [5.74, 6) is -0.822. The molecular weight excluding hydrogens is 483 g/mol. The maximum Gasteiger partial charge on any atom is 0.295 e. The fraction of sp³-hybridized carbons (Fsp3) is 0.433. The average Bonchev–Trinajstić information content (AvgIpc) is 3.18. The SMILES string of the molecule is Cc1c(C(=O)C(=O)N2CCN(C)CC2)c2cc(C(=O)N3CCC(Cc4ccc(F)cc4)CC3)ccc2n1C. The summed E-state index contributed by atoms with van der Waals surface area (Å²) in [7, 11) is 3.88. The van der Waals surface area contributed by atoms with Crippen molar-refractivity contribution >= 4 is 28.5 Å². The minimum Gasteiger partial charge on any atom is -0.347 e. The summed E-state index contributed by atoms with van der Waals surface area (Å²) in [6.45, 7) is 5.71. The summed E-state index contributed by atoms with van der Waals surface area (Å²) >= 11 is 0. The van der Waals surface area contributed by atoms with Gasteiger partial charge in [0, 0.05) is 68.5 Å². The van der Waals surface area contributed by atoms with Gasteiger partial charge in [0.2, 0.25) is 0 Å². The van der Waals surface area contributed by atoms with Gasteiger partial charge in [-0.1, -0.05) is 12.1 Å². The smallest absolute Gasteiger partial charge is 0.295 e. The van der Waals surface area contributed by atoms with E-state index < -0.39 is 11.7 Å². The van der Waals surface area contributed by atoms with E-state index in [-0.39, 0.29) is 11.7 Å². The molecule has 3 heterocycles. The highest BCUT2D eigenvalue weighted by Crippen LogP contribution is 2.29. The number of nitrogens with zero attached hydrogens (tertiary/aromatic N) is 4. The van der Waals surface area contributed by atoms with E-state index in [1.807, 2.05) is 54.8 Å². The second-order valence-corrected chi connectivity index (χ2v) is 10.7. The van der Waals surface area contributed by atoms with Gasteiger partial charge < -0.3 is 19.3 Å². The number of piperidine rings is 1. The van der Waals surface area contributed by atoms with Gasteiger partial charge in [-0.15, -0.1) is 0 Å². The molecule has 2 aliphatic heterocycles. The molecule has 0 bridgehead atoms. The second kappa shape index (κ2) is 10.7. The minimum absolute atomic E-state index is 0.0579. The highest BCUT2D eigenvalue weighted by molar-refractivity contribution is 6.45. The van der Waals surface area contributed by atoms with Crippen LogP contribution in [0, 0.1) is 18.7 Å². The second-order valence-electron chi connectivity index (χ2n) is 10.7. The van der Waals surface area contributed by atoms with Gasteiger partial charge in [0.25, 0.3) is 17.6 Å². The molecule has 2 fully saturated rings. The lowest BCUT2D eigenvalue weighted by molar-refractivity contribution is -0.127. The van der Waals surface area contributed by atoms with E-state index in [9.17, 15) is 18.8 Å². The van der Waals surface area contributed by atoms with E-state index in [2.05, 4.69) is 4.90 Å². The molecular formula is C30H35FN4O3. The molecule has 0 atom stereocenters. The quantitative estimate of drug-likeness (QED) is 0.382. The highest BCUT2D eigenvalue weighted by Gasteiger charge is 2.31. The highest BCUT2D eigenvalue weighted by atomic mass is 19.1. The zero-order valence-corrected chi connectivity index (χ0v) is 22.4. The van der Waals surface area contributed by atoms with Crippen molar-refractivity contribution in [2.24, 2.45) is 13.0 Å². The molecule has 0 aliphatic carbocycles. The number of carbonyl (C=O) groups excluding carboxylic acids is 3. The standard InChI is InChI=1S/C30H35FN4O3/c1-20-27(28(36)30(38)35-16-14-32(2)15-17-35)25-19-23(6-9-26(25)33(20)3)29(37)34-12-10-22(11-13-34)18-21-4-7-24(31)8-5-21/h4-9,19,22H,10-18H2,1-3H3. The lowest BCUT2D eigenvalue weighted by Crippen LogP contribution is -2.49. The molecule has 200 valence electrons. The predicted octanol–water partition coefficient (Wildman–Crippen LogP) is 3.68. The Morgan fingerprint density at radius 1 is 0.868 bits per heavy atom. The van der Waals surface area contributed by atoms with Crippen LogP contribution in [0.3, 0.4) is 0 Å². The monoisotopic (exact) mass is 518 g/mol. The molecule has 2 aromatic carbocycles. The van der Waals surface area contributed by atoms with Gasteiger partial charge in [0.1, 0.15) is 5.82 Å². The Morgan fingerprint density at radius 3 is 2.18 bits per heavy atom. The largest absolute Gasteiger partial charge is 0.347 e. The van der Waals surface area contributed by atoms with Crippen molar-refractivity contribution in [2.75, 3.05) is 46.3 Å². The first-order valence-electron chi connectivity index (χ1n) is 13.4. The number of benzene rings is 2. The van der Waals surface area contributed by atoms with Crippen LogP contribution in [0.25, 0.3) is 10.9 Å². The van der Waals surface area contributed by atoms with Crippen molar-refractivity contribution in [2.45, 2.75) is 26.2 Å². The number of Topliss-reactive ketones (excluding diaryl/α,β-unsaturated/α-hetero) is 1. The molecule has 7 nitrogen and oxygen atoms in total. The van der Waals surface area contributed by atoms with E-state index in [0.29, 0.717) is 48.6 Å². The van der Waals surface area contributed by atoms with Crippen LogP contribution in [0.15, 0.2) is 42.5 Å². The Bertz CT molecular complexity index is 1360. The summed E-state index contributed by atoms with van der Waals surface area (Å²) in [6.07, 6.45) is 2.66. The number of piperazine rings is 1. The fourth-order valence-electron chi connectivity index (χ4n) is 5.73. The molecule has 0 radical (unpaired) electrons. The number of amides is 2. The van der Waals surface area contributed by atoms with Crippen molar-refractivity contribution in [3.05, 3.63) is 70.7 Å². The number of likely N-dealkylation sites (N-methyl/N-ethyl adjacent to an activating group) is 1. The van der Waals surface area contributed by atoms with Crippen LogP contribution >= 0.6 is 0 Å². The number of hydrogen-bond donors (Lipinski definition) is 0. The zero-order valence-electron chi connectivity index (χ0n) is 22.4. The summed E-state index contributed by atoms with van der Waals surface area (Å²) in [6, 6.07) is 12.1. The number of hydrogen-bond acceptors (Lipinski definition) is 4. The third-order valence-corrected chi connectivity index (χ3v) is 8.29.